The van der Waals surface area contributed by atoms with Crippen molar-refractivity contribution in [1.29, 1.82) is 0 Å². The maximum absolute atomic E-state index is 12.1. The Hall–Kier alpha value is -2.86. The predicted molar refractivity (Wildman–Crippen MR) is 128 cm³/mol. The first-order chi connectivity index (χ1) is 15.5. The Labute approximate surface area is 191 Å². The highest BCUT2D eigenvalue weighted by Gasteiger charge is 2.15. The maximum Gasteiger partial charge on any atom is 0.303 e. The summed E-state index contributed by atoms with van der Waals surface area (Å²) in [7, 11) is 0. The first-order valence-electron chi connectivity index (χ1n) is 11.4. The first-order valence-corrected chi connectivity index (χ1v) is 11.4. The highest BCUT2D eigenvalue weighted by Crippen LogP contribution is 2.32. The van der Waals surface area contributed by atoms with E-state index in [1.54, 1.807) is 0 Å². The second kappa shape index (κ2) is 13.5. The van der Waals surface area contributed by atoms with E-state index in [4.69, 9.17) is 14.6 Å². The molecule has 0 heterocycles. The van der Waals surface area contributed by atoms with Crippen LogP contribution in [0.2, 0.25) is 0 Å². The number of hydrogen-bond donors (Lipinski definition) is 1. The fourth-order valence-electron chi connectivity index (χ4n) is 3.58. The monoisotopic (exact) mass is 441 g/mol. The Morgan fingerprint density at radius 1 is 1.06 bits per heavy atom. The van der Waals surface area contributed by atoms with Gasteiger partial charge in [-0.3, -0.25) is 9.59 Å². The minimum Gasteiger partial charge on any atom is -0.481 e. The molecule has 0 radical (unpaired) electrons. The predicted octanol–water partition coefficient (Wildman–Crippen LogP) is 5.79. The number of carboxylic acid groups (broad SMARTS) is 1. The molecule has 6 nitrogen and oxygen atoms in total. The number of carbonyl (C=O) groups is 2. The molecule has 0 fully saturated rings. The molecular weight excluding hydrogens is 406 g/mol. The molecule has 174 valence electrons. The molecule has 0 aliphatic carbocycles. The van der Waals surface area contributed by atoms with E-state index in [9.17, 15) is 9.59 Å². The summed E-state index contributed by atoms with van der Waals surface area (Å²) in [6.07, 6.45) is 4.19. The van der Waals surface area contributed by atoms with Gasteiger partial charge in [0.15, 0.2) is 12.6 Å². The van der Waals surface area contributed by atoms with Crippen LogP contribution in [0.4, 0.5) is 5.69 Å². The van der Waals surface area contributed by atoms with Crippen molar-refractivity contribution >= 4 is 17.9 Å². The van der Waals surface area contributed by atoms with Crippen LogP contribution in [0.15, 0.2) is 42.5 Å². The molecular formula is C26H35NO5. The SMILES string of the molecule is CCCCOC(C)Oc1ccc(-c2cccc(N(CCC)CCCC(=O)O)c2C=O)cc1. The minimum atomic E-state index is -0.807. The molecule has 6 heteroatoms. The highest BCUT2D eigenvalue weighted by molar-refractivity contribution is 5.94. The van der Waals surface area contributed by atoms with Crippen LogP contribution >= 0.6 is 0 Å². The van der Waals surface area contributed by atoms with Gasteiger partial charge in [-0.1, -0.05) is 44.5 Å². The van der Waals surface area contributed by atoms with Crippen molar-refractivity contribution in [3.63, 3.8) is 0 Å². The Morgan fingerprint density at radius 2 is 1.81 bits per heavy atom. The lowest BCUT2D eigenvalue weighted by atomic mass is 9.98. The molecule has 0 aliphatic heterocycles. The van der Waals surface area contributed by atoms with Gasteiger partial charge in [0.2, 0.25) is 0 Å². The number of hydrogen-bond acceptors (Lipinski definition) is 5. The van der Waals surface area contributed by atoms with Gasteiger partial charge in [-0.05, 0) is 55.5 Å². The van der Waals surface area contributed by atoms with Crippen LogP contribution < -0.4 is 9.64 Å². The Balaban J connectivity index is 2.20. The molecule has 1 atom stereocenters. The number of aliphatic carboxylic acids is 1. The van der Waals surface area contributed by atoms with E-state index in [0.717, 1.165) is 48.9 Å². The summed E-state index contributed by atoms with van der Waals surface area (Å²) < 4.78 is 11.5. The number of anilines is 1. The molecule has 0 saturated heterocycles. The summed E-state index contributed by atoms with van der Waals surface area (Å²) in [4.78, 5) is 25.1. The second-order valence-electron chi connectivity index (χ2n) is 7.77. The first kappa shape index (κ1) is 25.4. The number of unbranched alkanes of at least 4 members (excludes halogenated alkanes) is 1. The molecule has 32 heavy (non-hydrogen) atoms. The van der Waals surface area contributed by atoms with Crippen LogP contribution in [0.5, 0.6) is 5.75 Å². The molecule has 0 bridgehead atoms. The molecule has 0 spiro atoms. The fraction of sp³-hybridized carbons (Fsp3) is 0.462. The van der Waals surface area contributed by atoms with Crippen LogP contribution in [0.25, 0.3) is 11.1 Å². The molecule has 0 aliphatic rings. The number of rotatable bonds is 15. The lowest BCUT2D eigenvalue weighted by Crippen LogP contribution is -2.27. The number of carbonyl (C=O) groups excluding carboxylic acids is 1. The normalized spacial score (nSPS) is 11.7. The minimum absolute atomic E-state index is 0.109. The number of nitrogens with zero attached hydrogens (tertiary/aromatic N) is 1. The van der Waals surface area contributed by atoms with Gasteiger partial charge in [-0.2, -0.15) is 0 Å². The average Bonchev–Trinajstić information content (AvgIpc) is 2.78. The second-order valence-corrected chi connectivity index (χ2v) is 7.77. The van der Waals surface area contributed by atoms with Gasteiger partial charge >= 0.3 is 5.97 Å². The van der Waals surface area contributed by atoms with Crippen molar-refractivity contribution < 1.29 is 24.2 Å². The Morgan fingerprint density at radius 3 is 2.44 bits per heavy atom. The summed E-state index contributed by atoms with van der Waals surface area (Å²) in [6, 6.07) is 13.4. The number of ether oxygens (including phenoxy) is 2. The van der Waals surface area contributed by atoms with E-state index >= 15 is 0 Å². The van der Waals surface area contributed by atoms with E-state index in [1.165, 1.54) is 0 Å². The quantitative estimate of drug-likeness (QED) is 0.214. The van der Waals surface area contributed by atoms with Crippen LogP contribution in [0, 0.1) is 0 Å². The molecule has 2 aromatic carbocycles. The van der Waals surface area contributed by atoms with Crippen LogP contribution in [-0.2, 0) is 9.53 Å². The third-order valence-electron chi connectivity index (χ3n) is 5.17. The summed E-state index contributed by atoms with van der Waals surface area (Å²) in [5.74, 6) is -0.0963. The van der Waals surface area contributed by atoms with Gasteiger partial charge < -0.3 is 19.5 Å². The maximum atomic E-state index is 12.1. The van der Waals surface area contributed by atoms with Crippen molar-refractivity contribution in [2.24, 2.45) is 0 Å². The van der Waals surface area contributed by atoms with Gasteiger partial charge in [-0.25, -0.2) is 0 Å². The van der Waals surface area contributed by atoms with Crippen molar-refractivity contribution in [3.05, 3.63) is 48.0 Å². The smallest absolute Gasteiger partial charge is 0.303 e. The number of benzene rings is 2. The van der Waals surface area contributed by atoms with Gasteiger partial charge in [-0.15, -0.1) is 0 Å². The fourth-order valence-corrected chi connectivity index (χ4v) is 3.58. The molecule has 1 unspecified atom stereocenters. The average molecular weight is 442 g/mol. The van der Waals surface area contributed by atoms with Gasteiger partial charge in [0.1, 0.15) is 5.75 Å². The third kappa shape index (κ3) is 7.68. The Kier molecular flexibility index (Phi) is 10.7. The van der Waals surface area contributed by atoms with Crippen LogP contribution in [-0.4, -0.2) is 43.3 Å². The van der Waals surface area contributed by atoms with Gasteiger partial charge in [0.25, 0.3) is 0 Å². The summed E-state index contributed by atoms with van der Waals surface area (Å²) in [5.41, 5.74) is 3.21. The largest absolute Gasteiger partial charge is 0.481 e. The van der Waals surface area contributed by atoms with E-state index in [-0.39, 0.29) is 12.7 Å². The van der Waals surface area contributed by atoms with Crippen molar-refractivity contribution in [1.82, 2.24) is 0 Å². The van der Waals surface area contributed by atoms with Crippen LogP contribution in [0.1, 0.15) is 63.2 Å². The molecule has 0 saturated carbocycles. The van der Waals surface area contributed by atoms with Crippen molar-refractivity contribution in [2.45, 2.75) is 59.2 Å². The zero-order chi connectivity index (χ0) is 23.3. The van der Waals surface area contributed by atoms with E-state index in [1.807, 2.05) is 49.4 Å². The van der Waals surface area contributed by atoms with E-state index in [0.29, 0.717) is 30.9 Å². The molecule has 1 N–H and O–H groups in total. The molecule has 2 aromatic rings. The summed E-state index contributed by atoms with van der Waals surface area (Å²) in [6.45, 7) is 8.09. The molecule has 0 amide bonds. The third-order valence-corrected chi connectivity index (χ3v) is 5.17. The van der Waals surface area contributed by atoms with E-state index < -0.39 is 5.97 Å². The summed E-state index contributed by atoms with van der Waals surface area (Å²) >= 11 is 0. The zero-order valence-corrected chi connectivity index (χ0v) is 19.4. The van der Waals surface area contributed by atoms with Gasteiger partial charge in [0.05, 0.1) is 6.61 Å². The lowest BCUT2D eigenvalue weighted by molar-refractivity contribution is -0.137. The standard InChI is InChI=1S/C26H35NO5/c1-4-6-18-31-20(3)32-22-14-12-21(13-15-22)23-9-7-10-25(24(23)19-28)27(16-5-2)17-8-11-26(29)30/h7,9-10,12-15,19-20H,4-6,8,11,16-18H2,1-3H3,(H,29,30). The highest BCUT2D eigenvalue weighted by atomic mass is 16.7. The summed E-state index contributed by atoms with van der Waals surface area (Å²) in [5, 5.41) is 8.96. The van der Waals surface area contributed by atoms with Crippen molar-refractivity contribution in [3.8, 4) is 16.9 Å². The molecule has 2 rings (SSSR count). The molecule has 0 aromatic heterocycles. The Bertz CT molecular complexity index is 850. The van der Waals surface area contributed by atoms with E-state index in [2.05, 4.69) is 18.7 Å². The number of carboxylic acids is 1. The van der Waals surface area contributed by atoms with Crippen molar-refractivity contribution in [2.75, 3.05) is 24.6 Å². The van der Waals surface area contributed by atoms with Gasteiger partial charge in [0, 0.05) is 30.8 Å². The number of aldehydes is 1. The topological polar surface area (TPSA) is 76.1 Å². The lowest BCUT2D eigenvalue weighted by Gasteiger charge is -2.26. The zero-order valence-electron chi connectivity index (χ0n) is 19.4. The van der Waals surface area contributed by atoms with Crippen LogP contribution in [0.3, 0.4) is 0 Å².